The fourth-order valence-electron chi connectivity index (χ4n) is 3.70. The van der Waals surface area contributed by atoms with Gasteiger partial charge in [-0.2, -0.15) is 9.78 Å². The maximum atomic E-state index is 12.6. The van der Waals surface area contributed by atoms with Crippen molar-refractivity contribution in [2.45, 2.75) is 33.1 Å². The van der Waals surface area contributed by atoms with Gasteiger partial charge in [-0.05, 0) is 42.7 Å². The molecule has 3 aromatic rings. The van der Waals surface area contributed by atoms with Crippen LogP contribution in [0.15, 0.2) is 30.3 Å². The van der Waals surface area contributed by atoms with Crippen molar-refractivity contribution in [1.82, 2.24) is 20.0 Å². The smallest absolute Gasteiger partial charge is 0.226 e. The topological polar surface area (TPSA) is 91.2 Å². The number of benzene rings is 1. The standard InChI is InChI=1S/C22H24ClN5O3/c1-12(2)11-31-17-9-14(5-6-16(17)30-4)15-10-20(29)24-22-21(15)13(3)27-28(22)19-8-7-18(23)25-26-19/h5-9,12,15H,10-11H2,1-4H3,(H,24,29). The van der Waals surface area contributed by atoms with Gasteiger partial charge in [0.25, 0.3) is 0 Å². The zero-order valence-corrected chi connectivity index (χ0v) is 18.6. The first kappa shape index (κ1) is 21.1. The Balaban J connectivity index is 1.77. The van der Waals surface area contributed by atoms with E-state index in [9.17, 15) is 4.79 Å². The van der Waals surface area contributed by atoms with Crippen LogP contribution in [-0.2, 0) is 4.79 Å². The largest absolute Gasteiger partial charge is 0.493 e. The highest BCUT2D eigenvalue weighted by molar-refractivity contribution is 6.29. The van der Waals surface area contributed by atoms with Crippen molar-refractivity contribution in [2.24, 2.45) is 5.92 Å². The number of hydrogen-bond acceptors (Lipinski definition) is 6. The molecule has 8 nitrogen and oxygen atoms in total. The van der Waals surface area contributed by atoms with Crippen LogP contribution in [0.3, 0.4) is 0 Å². The van der Waals surface area contributed by atoms with Gasteiger partial charge in [0.1, 0.15) is 5.82 Å². The average molecular weight is 442 g/mol. The van der Waals surface area contributed by atoms with Crippen molar-refractivity contribution in [3.8, 4) is 17.3 Å². The van der Waals surface area contributed by atoms with Gasteiger partial charge in [-0.25, -0.2) is 0 Å². The number of aryl methyl sites for hydroxylation is 1. The monoisotopic (exact) mass is 441 g/mol. The third-order valence-electron chi connectivity index (χ3n) is 5.10. The summed E-state index contributed by atoms with van der Waals surface area (Å²) in [5, 5.41) is 15.8. The Hall–Kier alpha value is -3.13. The highest BCUT2D eigenvalue weighted by Gasteiger charge is 2.33. The van der Waals surface area contributed by atoms with Crippen molar-refractivity contribution in [3.63, 3.8) is 0 Å². The zero-order valence-electron chi connectivity index (χ0n) is 17.8. The molecule has 4 rings (SSSR count). The number of amides is 1. The summed E-state index contributed by atoms with van der Waals surface area (Å²) in [4.78, 5) is 12.6. The van der Waals surface area contributed by atoms with Gasteiger partial charge in [-0.3, -0.25) is 4.79 Å². The molecule has 1 aromatic carbocycles. The number of halogens is 1. The van der Waals surface area contributed by atoms with E-state index in [0.717, 1.165) is 16.8 Å². The van der Waals surface area contributed by atoms with E-state index in [-0.39, 0.29) is 17.0 Å². The first-order chi connectivity index (χ1) is 14.9. The van der Waals surface area contributed by atoms with Crippen LogP contribution >= 0.6 is 11.6 Å². The van der Waals surface area contributed by atoms with Crippen LogP contribution in [0.5, 0.6) is 11.5 Å². The number of methoxy groups -OCH3 is 1. The highest BCUT2D eigenvalue weighted by Crippen LogP contribution is 2.42. The molecule has 3 heterocycles. The minimum Gasteiger partial charge on any atom is -0.493 e. The number of ether oxygens (including phenoxy) is 2. The summed E-state index contributed by atoms with van der Waals surface area (Å²) in [6, 6.07) is 9.14. The lowest BCUT2D eigenvalue weighted by Gasteiger charge is -2.25. The molecule has 31 heavy (non-hydrogen) atoms. The number of rotatable bonds is 6. The summed E-state index contributed by atoms with van der Waals surface area (Å²) in [5.74, 6) is 2.50. The first-order valence-corrected chi connectivity index (χ1v) is 10.4. The van der Waals surface area contributed by atoms with Crippen LogP contribution < -0.4 is 14.8 Å². The van der Waals surface area contributed by atoms with Crippen LogP contribution in [0, 0.1) is 12.8 Å². The lowest BCUT2D eigenvalue weighted by Crippen LogP contribution is -2.25. The molecule has 0 fully saturated rings. The van der Waals surface area contributed by atoms with Gasteiger partial charge in [-0.15, -0.1) is 10.2 Å². The Morgan fingerprint density at radius 3 is 2.71 bits per heavy atom. The fraction of sp³-hybridized carbons (Fsp3) is 0.364. The molecule has 0 saturated heterocycles. The van der Waals surface area contributed by atoms with E-state index in [1.807, 2.05) is 25.1 Å². The Bertz CT molecular complexity index is 1110. The molecule has 1 amide bonds. The van der Waals surface area contributed by atoms with E-state index >= 15 is 0 Å². The molecule has 0 radical (unpaired) electrons. The number of hydrogen-bond donors (Lipinski definition) is 1. The third-order valence-corrected chi connectivity index (χ3v) is 5.30. The van der Waals surface area contributed by atoms with Gasteiger partial charge >= 0.3 is 0 Å². The number of nitrogens with one attached hydrogen (secondary N) is 1. The van der Waals surface area contributed by atoms with Crippen LogP contribution in [0.2, 0.25) is 5.15 Å². The molecule has 1 N–H and O–H groups in total. The molecule has 162 valence electrons. The Morgan fingerprint density at radius 1 is 1.23 bits per heavy atom. The van der Waals surface area contributed by atoms with Crippen molar-refractivity contribution < 1.29 is 14.3 Å². The van der Waals surface area contributed by atoms with E-state index in [4.69, 9.17) is 21.1 Å². The third kappa shape index (κ3) is 4.20. The molecule has 0 aliphatic carbocycles. The molecule has 0 saturated carbocycles. The summed E-state index contributed by atoms with van der Waals surface area (Å²) >= 11 is 5.86. The number of anilines is 1. The van der Waals surface area contributed by atoms with Crippen LogP contribution in [0.4, 0.5) is 5.82 Å². The number of fused-ring (bicyclic) bond motifs is 1. The van der Waals surface area contributed by atoms with Gasteiger partial charge in [0, 0.05) is 17.9 Å². The molecule has 0 spiro atoms. The summed E-state index contributed by atoms with van der Waals surface area (Å²) in [5.41, 5.74) is 2.70. The fourth-order valence-corrected chi connectivity index (χ4v) is 3.80. The predicted octanol–water partition coefficient (Wildman–Crippen LogP) is 4.14. The maximum Gasteiger partial charge on any atom is 0.226 e. The quantitative estimate of drug-likeness (QED) is 0.618. The second kappa shape index (κ2) is 8.55. The number of aromatic nitrogens is 4. The summed E-state index contributed by atoms with van der Waals surface area (Å²) < 4.78 is 13.0. The number of carbonyl (C=O) groups is 1. The van der Waals surface area contributed by atoms with Gasteiger partial charge in [0.05, 0.1) is 19.4 Å². The Kier molecular flexibility index (Phi) is 5.82. The summed E-state index contributed by atoms with van der Waals surface area (Å²) in [6.07, 6.45) is 0.307. The van der Waals surface area contributed by atoms with Crippen LogP contribution in [0.1, 0.15) is 43.0 Å². The summed E-state index contributed by atoms with van der Waals surface area (Å²) in [7, 11) is 1.62. The highest BCUT2D eigenvalue weighted by atomic mass is 35.5. The van der Waals surface area contributed by atoms with Crippen molar-refractivity contribution >= 4 is 23.3 Å². The maximum absolute atomic E-state index is 12.6. The van der Waals surface area contributed by atoms with E-state index in [2.05, 4.69) is 34.5 Å². The molecule has 1 aliphatic heterocycles. The Morgan fingerprint density at radius 2 is 2.03 bits per heavy atom. The lowest BCUT2D eigenvalue weighted by atomic mass is 9.85. The molecule has 1 aliphatic rings. The predicted molar refractivity (Wildman–Crippen MR) is 117 cm³/mol. The van der Waals surface area contributed by atoms with Crippen molar-refractivity contribution in [2.75, 3.05) is 19.0 Å². The lowest BCUT2D eigenvalue weighted by molar-refractivity contribution is -0.116. The van der Waals surface area contributed by atoms with Gasteiger partial charge in [0.2, 0.25) is 5.91 Å². The van der Waals surface area contributed by atoms with E-state index in [1.54, 1.807) is 23.9 Å². The molecule has 9 heteroatoms. The first-order valence-electron chi connectivity index (χ1n) is 10.1. The average Bonchev–Trinajstić information content (AvgIpc) is 3.08. The molecular formula is C22H24ClN5O3. The molecule has 0 bridgehead atoms. The van der Waals surface area contributed by atoms with Gasteiger partial charge in [-0.1, -0.05) is 31.5 Å². The van der Waals surface area contributed by atoms with Gasteiger partial charge in [0.15, 0.2) is 22.5 Å². The molecular weight excluding hydrogens is 418 g/mol. The normalized spacial score (nSPS) is 15.5. The zero-order chi connectivity index (χ0) is 22.1. The molecule has 1 atom stereocenters. The second-order valence-electron chi connectivity index (χ2n) is 7.89. The SMILES string of the molecule is COc1ccc(C2CC(=O)Nc3c2c(C)nn3-c2ccc(Cl)nn2)cc1OCC(C)C. The van der Waals surface area contributed by atoms with Crippen LogP contribution in [-0.4, -0.2) is 39.6 Å². The summed E-state index contributed by atoms with van der Waals surface area (Å²) in [6.45, 7) is 6.67. The molecule has 1 unspecified atom stereocenters. The minimum absolute atomic E-state index is 0.0963. The van der Waals surface area contributed by atoms with E-state index in [0.29, 0.717) is 42.1 Å². The van der Waals surface area contributed by atoms with Crippen LogP contribution in [0.25, 0.3) is 5.82 Å². The minimum atomic E-state index is -0.176. The number of nitrogens with zero attached hydrogens (tertiary/aromatic N) is 4. The number of carbonyl (C=O) groups excluding carboxylic acids is 1. The molecule has 2 aromatic heterocycles. The van der Waals surface area contributed by atoms with Gasteiger partial charge < -0.3 is 14.8 Å². The van der Waals surface area contributed by atoms with Crippen molar-refractivity contribution in [3.05, 3.63) is 52.3 Å². The van der Waals surface area contributed by atoms with Crippen molar-refractivity contribution in [1.29, 1.82) is 0 Å². The van der Waals surface area contributed by atoms with E-state index < -0.39 is 0 Å². The van der Waals surface area contributed by atoms with E-state index in [1.165, 1.54) is 0 Å². The Labute approximate surface area is 185 Å². The second-order valence-corrected chi connectivity index (χ2v) is 8.28.